The summed E-state index contributed by atoms with van der Waals surface area (Å²) in [5.41, 5.74) is 0. The largest absolute Gasteiger partial charge is 0.355 e. The molecule has 0 radical (unpaired) electrons. The van der Waals surface area contributed by atoms with Crippen molar-refractivity contribution in [3.8, 4) is 0 Å². The number of pyridine rings is 1. The Morgan fingerprint density at radius 3 is 2.65 bits per heavy atom. The zero-order chi connectivity index (χ0) is 12.4. The molecule has 1 fully saturated rings. The zero-order valence-corrected chi connectivity index (χ0v) is 13.5. The van der Waals surface area contributed by atoms with E-state index in [-0.39, 0.29) is 0 Å². The first kappa shape index (κ1) is 13.3. The quantitative estimate of drug-likeness (QED) is 0.763. The molecule has 2 rings (SSSR count). The first-order chi connectivity index (χ1) is 8.09. The van der Waals surface area contributed by atoms with Crippen molar-refractivity contribution in [3.63, 3.8) is 0 Å². The van der Waals surface area contributed by atoms with Crippen molar-refractivity contribution >= 4 is 37.7 Å². The highest BCUT2D eigenvalue weighted by molar-refractivity contribution is 9.11. The Morgan fingerprint density at radius 2 is 2.00 bits per heavy atom. The molecule has 1 heterocycles. The molecule has 2 atom stereocenters. The third-order valence-electron chi connectivity index (χ3n) is 3.69. The number of nitrogens with zero attached hydrogens (tertiary/aromatic N) is 2. The average Bonchev–Trinajstić information content (AvgIpc) is 2.29. The maximum absolute atomic E-state index is 4.52. The summed E-state index contributed by atoms with van der Waals surface area (Å²) in [5.74, 6) is 1.80. The minimum absolute atomic E-state index is 0.619. The van der Waals surface area contributed by atoms with Crippen LogP contribution < -0.4 is 4.90 Å². The van der Waals surface area contributed by atoms with Gasteiger partial charge in [-0.25, -0.2) is 4.98 Å². The zero-order valence-electron chi connectivity index (χ0n) is 10.3. The molecule has 0 spiro atoms. The Morgan fingerprint density at radius 1 is 1.29 bits per heavy atom. The van der Waals surface area contributed by atoms with E-state index >= 15 is 0 Å². The van der Waals surface area contributed by atoms with Gasteiger partial charge in [-0.15, -0.1) is 0 Å². The van der Waals surface area contributed by atoms with Crippen molar-refractivity contribution in [3.05, 3.63) is 21.2 Å². The smallest absolute Gasteiger partial charge is 0.142 e. The van der Waals surface area contributed by atoms with Crippen LogP contribution in [0.2, 0.25) is 0 Å². The summed E-state index contributed by atoms with van der Waals surface area (Å²) in [6.45, 7) is 2.35. The summed E-state index contributed by atoms with van der Waals surface area (Å²) < 4.78 is 2.07. The second kappa shape index (κ2) is 5.70. The van der Waals surface area contributed by atoms with Gasteiger partial charge >= 0.3 is 0 Å². The van der Waals surface area contributed by atoms with Crippen LogP contribution in [-0.2, 0) is 0 Å². The Labute approximate surface area is 120 Å². The van der Waals surface area contributed by atoms with Gasteiger partial charge in [0.1, 0.15) is 5.82 Å². The van der Waals surface area contributed by atoms with E-state index in [0.29, 0.717) is 6.04 Å². The van der Waals surface area contributed by atoms with Gasteiger partial charge in [0, 0.05) is 23.8 Å². The van der Waals surface area contributed by atoms with Crippen LogP contribution in [0.3, 0.4) is 0 Å². The Bertz CT molecular complexity index is 395. The minimum Gasteiger partial charge on any atom is -0.355 e. The van der Waals surface area contributed by atoms with Gasteiger partial charge in [-0.05, 0) is 56.7 Å². The number of halogens is 2. The van der Waals surface area contributed by atoms with Crippen molar-refractivity contribution in [1.29, 1.82) is 0 Å². The first-order valence-electron chi connectivity index (χ1n) is 6.13. The maximum atomic E-state index is 4.52. The molecule has 0 aromatic carbocycles. The molecule has 0 aliphatic heterocycles. The lowest BCUT2D eigenvalue weighted by Gasteiger charge is -2.37. The molecular formula is C13H18Br2N2. The van der Waals surface area contributed by atoms with Gasteiger partial charge in [0.2, 0.25) is 0 Å². The van der Waals surface area contributed by atoms with Gasteiger partial charge in [-0.2, -0.15) is 0 Å². The number of rotatable bonds is 2. The molecule has 0 bridgehead atoms. The second-order valence-corrected chi connectivity index (χ2v) is 6.67. The van der Waals surface area contributed by atoms with E-state index in [9.17, 15) is 0 Å². The first-order valence-corrected chi connectivity index (χ1v) is 7.72. The number of hydrogen-bond donors (Lipinski definition) is 0. The molecule has 0 saturated heterocycles. The van der Waals surface area contributed by atoms with Crippen LogP contribution in [0, 0.1) is 5.92 Å². The van der Waals surface area contributed by atoms with E-state index < -0.39 is 0 Å². The summed E-state index contributed by atoms with van der Waals surface area (Å²) >= 11 is 7.04. The molecule has 17 heavy (non-hydrogen) atoms. The summed E-state index contributed by atoms with van der Waals surface area (Å²) in [7, 11) is 2.16. The van der Waals surface area contributed by atoms with Crippen molar-refractivity contribution < 1.29 is 0 Å². The maximum Gasteiger partial charge on any atom is 0.142 e. The summed E-state index contributed by atoms with van der Waals surface area (Å²) in [6.07, 6.45) is 7.20. The lowest BCUT2D eigenvalue weighted by Crippen LogP contribution is -2.39. The van der Waals surface area contributed by atoms with E-state index in [1.54, 1.807) is 0 Å². The predicted molar refractivity (Wildman–Crippen MR) is 79.5 cm³/mol. The van der Waals surface area contributed by atoms with E-state index in [1.807, 2.05) is 6.20 Å². The number of anilines is 1. The molecule has 1 saturated carbocycles. The SMILES string of the molecule is CC1CCCCC1N(C)c1ncc(Br)cc1Br. The predicted octanol–water partition coefficient (Wildman–Crippen LogP) is 4.62. The standard InChI is InChI=1S/C13H18Br2N2/c1-9-5-3-4-6-12(9)17(2)13-11(15)7-10(14)8-16-13/h7-9,12H,3-6H2,1-2H3. The van der Waals surface area contributed by atoms with E-state index in [4.69, 9.17) is 0 Å². The average molecular weight is 362 g/mol. The fourth-order valence-corrected chi connectivity index (χ4v) is 3.96. The number of aromatic nitrogens is 1. The third-order valence-corrected chi connectivity index (χ3v) is 4.70. The molecule has 4 heteroatoms. The van der Waals surface area contributed by atoms with Gasteiger partial charge in [0.05, 0.1) is 4.47 Å². The lowest BCUT2D eigenvalue weighted by atomic mass is 9.85. The van der Waals surface area contributed by atoms with Gasteiger partial charge in [0.25, 0.3) is 0 Å². The van der Waals surface area contributed by atoms with Gasteiger partial charge in [-0.1, -0.05) is 19.8 Å². The number of hydrogen-bond acceptors (Lipinski definition) is 2. The monoisotopic (exact) mass is 360 g/mol. The minimum atomic E-state index is 0.619. The Balaban J connectivity index is 2.20. The van der Waals surface area contributed by atoms with Crippen molar-refractivity contribution in [1.82, 2.24) is 4.98 Å². The van der Waals surface area contributed by atoms with Gasteiger partial charge in [0.15, 0.2) is 0 Å². The molecule has 1 aromatic rings. The van der Waals surface area contributed by atoms with Crippen molar-refractivity contribution in [2.45, 2.75) is 38.6 Å². The molecule has 1 aliphatic rings. The lowest BCUT2D eigenvalue weighted by molar-refractivity contribution is 0.320. The third kappa shape index (κ3) is 3.02. The highest BCUT2D eigenvalue weighted by Crippen LogP contribution is 2.33. The molecule has 1 aromatic heterocycles. The van der Waals surface area contributed by atoms with E-state index in [0.717, 1.165) is 20.7 Å². The molecule has 0 amide bonds. The van der Waals surface area contributed by atoms with E-state index in [2.05, 4.69) is 61.8 Å². The van der Waals surface area contributed by atoms with Crippen LogP contribution >= 0.6 is 31.9 Å². The molecule has 0 N–H and O–H groups in total. The molecule has 1 aliphatic carbocycles. The van der Waals surface area contributed by atoms with Crippen LogP contribution in [0.1, 0.15) is 32.6 Å². The van der Waals surface area contributed by atoms with Crippen molar-refractivity contribution in [2.24, 2.45) is 5.92 Å². The van der Waals surface area contributed by atoms with Crippen LogP contribution in [0.25, 0.3) is 0 Å². The van der Waals surface area contributed by atoms with Crippen LogP contribution in [0.5, 0.6) is 0 Å². The molecule has 94 valence electrons. The van der Waals surface area contributed by atoms with Crippen molar-refractivity contribution in [2.75, 3.05) is 11.9 Å². The normalized spacial score (nSPS) is 24.7. The van der Waals surface area contributed by atoms with Crippen LogP contribution in [0.4, 0.5) is 5.82 Å². The highest BCUT2D eigenvalue weighted by Gasteiger charge is 2.26. The second-order valence-electron chi connectivity index (χ2n) is 4.90. The van der Waals surface area contributed by atoms with Gasteiger partial charge in [-0.3, -0.25) is 0 Å². The molecule has 2 nitrogen and oxygen atoms in total. The van der Waals surface area contributed by atoms with Gasteiger partial charge < -0.3 is 4.90 Å². The summed E-state index contributed by atoms with van der Waals surface area (Å²) in [4.78, 5) is 6.85. The highest BCUT2D eigenvalue weighted by atomic mass is 79.9. The Kier molecular flexibility index (Phi) is 4.47. The molecule has 2 unspecified atom stereocenters. The van der Waals surface area contributed by atoms with Crippen LogP contribution in [0.15, 0.2) is 21.2 Å². The fraction of sp³-hybridized carbons (Fsp3) is 0.615. The topological polar surface area (TPSA) is 16.1 Å². The Hall–Kier alpha value is -0.0900. The van der Waals surface area contributed by atoms with Crippen LogP contribution in [-0.4, -0.2) is 18.1 Å². The summed E-state index contributed by atoms with van der Waals surface area (Å²) in [5, 5.41) is 0. The molecular weight excluding hydrogens is 344 g/mol. The summed E-state index contributed by atoms with van der Waals surface area (Å²) in [6, 6.07) is 2.68. The van der Waals surface area contributed by atoms with E-state index in [1.165, 1.54) is 25.7 Å². The fourth-order valence-electron chi connectivity index (χ4n) is 2.70.